The molecule has 1 rings (SSSR count). The van der Waals surface area contributed by atoms with Crippen LogP contribution in [0.5, 0.6) is 0 Å². The summed E-state index contributed by atoms with van der Waals surface area (Å²) in [4.78, 5) is 0. The van der Waals surface area contributed by atoms with Gasteiger partial charge in [-0.3, -0.25) is 0 Å². The van der Waals surface area contributed by atoms with Crippen molar-refractivity contribution in [3.05, 3.63) is 0 Å². The molecule has 0 heterocycles. The maximum absolute atomic E-state index is 5.86. The molecule has 1 N–H and O–H groups in total. The van der Waals surface area contributed by atoms with Crippen molar-refractivity contribution in [2.75, 3.05) is 13.7 Å². The fourth-order valence-corrected chi connectivity index (χ4v) is 3.19. The van der Waals surface area contributed by atoms with Gasteiger partial charge in [0.15, 0.2) is 0 Å². The number of likely N-dealkylation sites (N-methyl/N-ethyl adjacent to an activating group) is 1. The Labute approximate surface area is 108 Å². The second kappa shape index (κ2) is 7.38. The summed E-state index contributed by atoms with van der Waals surface area (Å²) in [5.74, 6) is 0.969. The highest BCUT2D eigenvalue weighted by atomic mass is 16.5. The van der Waals surface area contributed by atoms with Crippen LogP contribution in [0.1, 0.15) is 65.7 Å². The summed E-state index contributed by atoms with van der Waals surface area (Å²) in [7, 11) is 2.06. The average molecular weight is 241 g/mol. The molecule has 0 aromatic heterocycles. The van der Waals surface area contributed by atoms with E-state index >= 15 is 0 Å². The topological polar surface area (TPSA) is 21.3 Å². The summed E-state index contributed by atoms with van der Waals surface area (Å²) in [6, 6.07) is 0.476. The Morgan fingerprint density at radius 1 is 1.24 bits per heavy atom. The lowest BCUT2D eigenvalue weighted by molar-refractivity contribution is -0.0398. The van der Waals surface area contributed by atoms with Gasteiger partial charge >= 0.3 is 0 Å². The molecule has 0 aromatic carbocycles. The van der Waals surface area contributed by atoms with Gasteiger partial charge in [-0.25, -0.2) is 0 Å². The Kier molecular flexibility index (Phi) is 6.50. The first-order valence-electron chi connectivity index (χ1n) is 7.41. The molecule has 1 atom stereocenters. The zero-order valence-electron chi connectivity index (χ0n) is 12.2. The fourth-order valence-electron chi connectivity index (χ4n) is 3.19. The summed E-state index contributed by atoms with van der Waals surface area (Å²) in [6.45, 7) is 7.29. The van der Waals surface area contributed by atoms with Crippen LogP contribution < -0.4 is 5.32 Å². The SMILES string of the molecule is CCOC(C)(C)C(CCC1CCCCC1)NC. The van der Waals surface area contributed by atoms with Crippen molar-refractivity contribution >= 4 is 0 Å². The predicted octanol–water partition coefficient (Wildman–Crippen LogP) is 3.75. The van der Waals surface area contributed by atoms with Gasteiger partial charge in [0.1, 0.15) is 0 Å². The Morgan fingerprint density at radius 2 is 1.88 bits per heavy atom. The van der Waals surface area contributed by atoms with E-state index in [1.165, 1.54) is 44.9 Å². The second-order valence-corrected chi connectivity index (χ2v) is 5.96. The molecule has 1 aliphatic carbocycles. The van der Waals surface area contributed by atoms with E-state index < -0.39 is 0 Å². The maximum atomic E-state index is 5.86. The molecule has 0 aliphatic heterocycles. The smallest absolute Gasteiger partial charge is 0.0778 e. The highest BCUT2D eigenvalue weighted by molar-refractivity contribution is 4.85. The van der Waals surface area contributed by atoms with Crippen molar-refractivity contribution in [3.63, 3.8) is 0 Å². The van der Waals surface area contributed by atoms with Gasteiger partial charge in [-0.1, -0.05) is 32.1 Å². The van der Waals surface area contributed by atoms with Gasteiger partial charge in [0, 0.05) is 12.6 Å². The standard InChI is InChI=1S/C15H31NO/c1-5-17-15(2,3)14(16-4)12-11-13-9-7-6-8-10-13/h13-14,16H,5-12H2,1-4H3. The van der Waals surface area contributed by atoms with Crippen molar-refractivity contribution in [2.45, 2.75) is 77.4 Å². The molecule has 0 saturated heterocycles. The van der Waals surface area contributed by atoms with E-state index in [-0.39, 0.29) is 5.60 Å². The number of nitrogens with one attached hydrogen (secondary N) is 1. The predicted molar refractivity (Wildman–Crippen MR) is 74.4 cm³/mol. The maximum Gasteiger partial charge on any atom is 0.0778 e. The minimum Gasteiger partial charge on any atom is -0.374 e. The largest absolute Gasteiger partial charge is 0.374 e. The molecule has 0 amide bonds. The molecule has 0 radical (unpaired) electrons. The molecule has 0 aromatic rings. The van der Waals surface area contributed by atoms with Crippen LogP contribution in [0.2, 0.25) is 0 Å². The van der Waals surface area contributed by atoms with Crippen LogP contribution in [-0.4, -0.2) is 25.3 Å². The third kappa shape index (κ3) is 4.97. The molecule has 2 nitrogen and oxygen atoms in total. The number of ether oxygens (including phenoxy) is 1. The fraction of sp³-hybridized carbons (Fsp3) is 1.00. The summed E-state index contributed by atoms with van der Waals surface area (Å²) >= 11 is 0. The first-order valence-corrected chi connectivity index (χ1v) is 7.41. The van der Waals surface area contributed by atoms with Crippen molar-refractivity contribution < 1.29 is 4.74 Å². The van der Waals surface area contributed by atoms with E-state index in [0.717, 1.165) is 12.5 Å². The van der Waals surface area contributed by atoms with Gasteiger partial charge in [0.25, 0.3) is 0 Å². The Morgan fingerprint density at radius 3 is 2.41 bits per heavy atom. The molecule has 1 saturated carbocycles. The van der Waals surface area contributed by atoms with Gasteiger partial charge in [-0.15, -0.1) is 0 Å². The summed E-state index contributed by atoms with van der Waals surface area (Å²) in [6.07, 6.45) is 9.86. The number of rotatable bonds is 7. The number of hydrogen-bond acceptors (Lipinski definition) is 2. The minimum atomic E-state index is -0.0435. The molecule has 1 unspecified atom stereocenters. The van der Waals surface area contributed by atoms with Gasteiger partial charge in [-0.2, -0.15) is 0 Å². The van der Waals surface area contributed by atoms with E-state index in [9.17, 15) is 0 Å². The summed E-state index contributed by atoms with van der Waals surface area (Å²) in [5, 5.41) is 3.44. The van der Waals surface area contributed by atoms with Crippen LogP contribution in [-0.2, 0) is 4.74 Å². The van der Waals surface area contributed by atoms with Gasteiger partial charge in [0.05, 0.1) is 5.60 Å². The molecule has 17 heavy (non-hydrogen) atoms. The third-order valence-electron chi connectivity index (χ3n) is 4.29. The quantitative estimate of drug-likeness (QED) is 0.733. The molecule has 1 aliphatic rings. The van der Waals surface area contributed by atoms with E-state index in [1.54, 1.807) is 0 Å². The number of hydrogen-bond donors (Lipinski definition) is 1. The zero-order chi connectivity index (χ0) is 12.7. The van der Waals surface area contributed by atoms with Crippen LogP contribution in [0.15, 0.2) is 0 Å². The highest BCUT2D eigenvalue weighted by Gasteiger charge is 2.29. The second-order valence-electron chi connectivity index (χ2n) is 5.96. The van der Waals surface area contributed by atoms with Crippen LogP contribution in [0.3, 0.4) is 0 Å². The van der Waals surface area contributed by atoms with E-state index in [0.29, 0.717) is 6.04 Å². The van der Waals surface area contributed by atoms with Crippen molar-refractivity contribution in [3.8, 4) is 0 Å². The average Bonchev–Trinajstić information content (AvgIpc) is 2.30. The molecule has 102 valence electrons. The molecule has 2 heteroatoms. The molecular formula is C15H31NO. The Bertz CT molecular complexity index is 197. The van der Waals surface area contributed by atoms with Gasteiger partial charge < -0.3 is 10.1 Å². The molecule has 0 bridgehead atoms. The normalized spacial score (nSPS) is 20.5. The third-order valence-corrected chi connectivity index (χ3v) is 4.29. The molecular weight excluding hydrogens is 210 g/mol. The van der Waals surface area contributed by atoms with Crippen LogP contribution in [0, 0.1) is 5.92 Å². The zero-order valence-corrected chi connectivity index (χ0v) is 12.2. The lowest BCUT2D eigenvalue weighted by atomic mass is 9.83. The lowest BCUT2D eigenvalue weighted by Gasteiger charge is -2.35. The Hall–Kier alpha value is -0.0800. The minimum absolute atomic E-state index is 0.0435. The van der Waals surface area contributed by atoms with Crippen molar-refractivity contribution in [1.82, 2.24) is 5.32 Å². The Balaban J connectivity index is 2.35. The van der Waals surface area contributed by atoms with Crippen LogP contribution >= 0.6 is 0 Å². The summed E-state index contributed by atoms with van der Waals surface area (Å²) < 4.78 is 5.86. The van der Waals surface area contributed by atoms with Gasteiger partial charge in [0.2, 0.25) is 0 Å². The van der Waals surface area contributed by atoms with Crippen molar-refractivity contribution in [2.24, 2.45) is 5.92 Å². The van der Waals surface area contributed by atoms with E-state index in [1.807, 2.05) is 0 Å². The molecule has 1 fully saturated rings. The van der Waals surface area contributed by atoms with Crippen LogP contribution in [0.25, 0.3) is 0 Å². The first-order chi connectivity index (χ1) is 8.10. The highest BCUT2D eigenvalue weighted by Crippen LogP contribution is 2.29. The summed E-state index contributed by atoms with van der Waals surface area (Å²) in [5.41, 5.74) is -0.0435. The molecule has 0 spiro atoms. The van der Waals surface area contributed by atoms with E-state index in [4.69, 9.17) is 4.74 Å². The lowest BCUT2D eigenvalue weighted by Crippen LogP contribution is -2.47. The van der Waals surface area contributed by atoms with Crippen molar-refractivity contribution in [1.29, 1.82) is 0 Å². The first kappa shape index (κ1) is 15.0. The van der Waals surface area contributed by atoms with Gasteiger partial charge in [-0.05, 0) is 46.6 Å². The monoisotopic (exact) mass is 241 g/mol. The van der Waals surface area contributed by atoms with Crippen LogP contribution in [0.4, 0.5) is 0 Å². The van der Waals surface area contributed by atoms with E-state index in [2.05, 4.69) is 33.1 Å².